The Bertz CT molecular complexity index is 1440. The van der Waals surface area contributed by atoms with Crippen molar-refractivity contribution in [2.75, 3.05) is 31.9 Å². The van der Waals surface area contributed by atoms with Crippen molar-refractivity contribution in [1.29, 1.82) is 0 Å². The summed E-state index contributed by atoms with van der Waals surface area (Å²) >= 11 is 0. The topological polar surface area (TPSA) is 174 Å². The van der Waals surface area contributed by atoms with Crippen LogP contribution in [0, 0.1) is 40.9 Å². The van der Waals surface area contributed by atoms with Crippen molar-refractivity contribution in [1.82, 2.24) is 30.5 Å². The van der Waals surface area contributed by atoms with Gasteiger partial charge in [-0.05, 0) is 60.7 Å². The number of amides is 5. The molecule has 0 aromatic rings. The van der Waals surface area contributed by atoms with E-state index in [9.17, 15) is 32.4 Å². The van der Waals surface area contributed by atoms with Crippen LogP contribution in [-0.4, -0.2) is 103 Å². The van der Waals surface area contributed by atoms with E-state index in [1.54, 1.807) is 4.90 Å². The van der Waals surface area contributed by atoms with Crippen LogP contribution in [0.25, 0.3) is 0 Å². The van der Waals surface area contributed by atoms with E-state index in [0.717, 1.165) is 32.1 Å². The smallest absolute Gasteiger partial charge is 0.315 e. The van der Waals surface area contributed by atoms with Gasteiger partial charge in [0, 0.05) is 38.6 Å². The largest absolute Gasteiger partial charge is 0.349 e. The standard InChI is InChI=1S/C36H58N6O7S/c1-8-10-17-25(30(43)32(45)37-18-9-2)38-31(44)29-27-24(36(27,6)7)21-42(29)33(46)28(23-15-12-11-13-16-23)40-34(47)39-26(35(3,4)5)22-41-19-14-20-50(41,48)49/h1,23-29H,9-22H2,2-7H3,(H,37,45)(H,38,44)(H2,39,40,47)/t24-,25?,26+,27-,28-,29-/m0/s1. The van der Waals surface area contributed by atoms with Gasteiger partial charge in [-0.1, -0.05) is 60.8 Å². The van der Waals surface area contributed by atoms with Gasteiger partial charge in [-0.2, -0.15) is 4.31 Å². The van der Waals surface area contributed by atoms with E-state index >= 15 is 0 Å². The van der Waals surface area contributed by atoms with Crippen LogP contribution in [0.15, 0.2) is 0 Å². The lowest BCUT2D eigenvalue weighted by Gasteiger charge is -2.38. The fourth-order valence-electron chi connectivity index (χ4n) is 8.06. The highest BCUT2D eigenvalue weighted by Gasteiger charge is 2.69. The highest BCUT2D eigenvalue weighted by molar-refractivity contribution is 7.89. The van der Waals surface area contributed by atoms with E-state index in [1.807, 2.05) is 27.7 Å². The minimum atomic E-state index is -3.39. The first kappa shape index (κ1) is 39.6. The molecule has 5 amide bonds. The van der Waals surface area contributed by atoms with Crippen molar-refractivity contribution >= 4 is 39.6 Å². The molecule has 2 heterocycles. The summed E-state index contributed by atoms with van der Waals surface area (Å²) in [6.45, 7) is 13.0. The molecule has 0 aromatic carbocycles. The van der Waals surface area contributed by atoms with Crippen molar-refractivity contribution in [2.45, 2.75) is 123 Å². The van der Waals surface area contributed by atoms with Crippen LogP contribution in [-0.2, 0) is 29.2 Å². The molecule has 2 aliphatic heterocycles. The van der Waals surface area contributed by atoms with E-state index in [4.69, 9.17) is 6.42 Å². The maximum absolute atomic E-state index is 14.6. The molecule has 2 saturated heterocycles. The number of carbonyl (C=O) groups is 5. The van der Waals surface area contributed by atoms with Gasteiger partial charge in [-0.15, -0.1) is 12.3 Å². The first-order valence-corrected chi connectivity index (χ1v) is 20.0. The number of piperidine rings is 1. The molecule has 4 rings (SSSR count). The lowest BCUT2D eigenvalue weighted by molar-refractivity contribution is -0.144. The second-order valence-corrected chi connectivity index (χ2v) is 18.3. The molecule has 14 heteroatoms. The number of sulfonamides is 1. The quantitative estimate of drug-likeness (QED) is 0.157. The maximum atomic E-state index is 14.6. The molecular weight excluding hydrogens is 660 g/mol. The van der Waals surface area contributed by atoms with E-state index in [2.05, 4.69) is 41.0 Å². The third-order valence-corrected chi connectivity index (χ3v) is 13.3. The van der Waals surface area contributed by atoms with E-state index in [-0.39, 0.29) is 54.2 Å². The highest BCUT2D eigenvalue weighted by atomic mass is 32.2. The van der Waals surface area contributed by atoms with Crippen molar-refractivity contribution in [2.24, 2.45) is 28.6 Å². The van der Waals surface area contributed by atoms with Crippen molar-refractivity contribution in [3.8, 4) is 12.3 Å². The van der Waals surface area contributed by atoms with Gasteiger partial charge >= 0.3 is 6.03 Å². The molecule has 0 aromatic heterocycles. The number of fused-ring (bicyclic) bond motifs is 1. The SMILES string of the molecule is C#CCCC(NC(=O)[C@@H]1[C@@H]2[C@H](CN1C(=O)[C@@H](NC(=O)N[C@H](CN1CCCS1(=O)=O)C(C)(C)C)C1CCCCC1)C2(C)C)C(=O)C(=O)NCCC. The summed E-state index contributed by atoms with van der Waals surface area (Å²) < 4.78 is 26.6. The fraction of sp³-hybridized carbons (Fsp3) is 0.806. The first-order valence-electron chi connectivity index (χ1n) is 18.3. The molecule has 50 heavy (non-hydrogen) atoms. The summed E-state index contributed by atoms with van der Waals surface area (Å²) in [7, 11) is -3.39. The summed E-state index contributed by atoms with van der Waals surface area (Å²) in [6, 6.07) is -4.01. The average molecular weight is 719 g/mol. The molecule has 0 bridgehead atoms. The Kier molecular flexibility index (Phi) is 12.7. The predicted molar refractivity (Wildman–Crippen MR) is 190 cm³/mol. The number of rotatable bonds is 14. The second kappa shape index (κ2) is 16.0. The van der Waals surface area contributed by atoms with Gasteiger partial charge in [0.15, 0.2) is 0 Å². The molecule has 1 unspecified atom stereocenters. The molecule has 0 radical (unpaired) electrons. The normalized spacial score (nSPS) is 26.1. The third-order valence-electron chi connectivity index (χ3n) is 11.3. The lowest BCUT2D eigenvalue weighted by Crippen LogP contribution is -2.61. The summed E-state index contributed by atoms with van der Waals surface area (Å²) in [6.07, 6.45) is 11.2. The fourth-order valence-corrected chi connectivity index (χ4v) is 9.59. The number of hydrogen-bond acceptors (Lipinski definition) is 7. The summed E-state index contributed by atoms with van der Waals surface area (Å²) in [5.74, 6) is -0.114. The molecule has 2 saturated carbocycles. The number of nitrogens with zero attached hydrogens (tertiary/aromatic N) is 2. The van der Waals surface area contributed by atoms with E-state index in [1.165, 1.54) is 4.31 Å². The zero-order chi connectivity index (χ0) is 37.0. The van der Waals surface area contributed by atoms with Crippen LogP contribution in [0.2, 0.25) is 0 Å². The van der Waals surface area contributed by atoms with Gasteiger partial charge in [0.25, 0.3) is 5.91 Å². The van der Waals surface area contributed by atoms with Crippen molar-refractivity contribution < 1.29 is 32.4 Å². The number of terminal acetylenes is 1. The van der Waals surface area contributed by atoms with Crippen LogP contribution in [0.3, 0.4) is 0 Å². The molecule has 280 valence electrons. The van der Waals surface area contributed by atoms with E-state index in [0.29, 0.717) is 32.5 Å². The molecular formula is C36H58N6O7S. The van der Waals surface area contributed by atoms with Gasteiger partial charge in [-0.3, -0.25) is 19.2 Å². The van der Waals surface area contributed by atoms with Gasteiger partial charge in [0.05, 0.1) is 11.8 Å². The lowest BCUT2D eigenvalue weighted by atomic mass is 9.83. The molecule has 4 N–H and O–H groups in total. The maximum Gasteiger partial charge on any atom is 0.315 e. The number of hydrogen-bond donors (Lipinski definition) is 4. The Morgan fingerprint density at radius 1 is 1.00 bits per heavy atom. The number of carbonyl (C=O) groups excluding carboxylic acids is 5. The van der Waals surface area contributed by atoms with Gasteiger partial charge in [-0.25, -0.2) is 13.2 Å². The van der Waals surface area contributed by atoms with Gasteiger partial charge in [0.2, 0.25) is 27.6 Å². The monoisotopic (exact) mass is 718 g/mol. The van der Waals surface area contributed by atoms with Gasteiger partial charge < -0.3 is 26.2 Å². The summed E-state index contributed by atoms with van der Waals surface area (Å²) in [4.78, 5) is 69.7. The van der Waals surface area contributed by atoms with Crippen molar-refractivity contribution in [3.05, 3.63) is 0 Å². The Morgan fingerprint density at radius 2 is 1.68 bits per heavy atom. The minimum absolute atomic E-state index is 0.0587. The summed E-state index contributed by atoms with van der Waals surface area (Å²) in [5, 5.41) is 11.3. The van der Waals surface area contributed by atoms with E-state index < -0.39 is 63.2 Å². The number of likely N-dealkylation sites (tertiary alicyclic amines) is 1. The molecule has 2 aliphatic carbocycles. The van der Waals surface area contributed by atoms with Crippen LogP contribution >= 0.6 is 0 Å². The van der Waals surface area contributed by atoms with Crippen LogP contribution in [0.5, 0.6) is 0 Å². The number of urea groups is 1. The minimum Gasteiger partial charge on any atom is -0.349 e. The molecule has 4 aliphatic rings. The second-order valence-electron chi connectivity index (χ2n) is 16.3. The van der Waals surface area contributed by atoms with Crippen LogP contribution in [0.1, 0.15) is 99.3 Å². The Balaban J connectivity index is 1.56. The van der Waals surface area contributed by atoms with Gasteiger partial charge in [0.1, 0.15) is 12.1 Å². The Hall–Kier alpha value is -3.18. The molecule has 0 spiro atoms. The molecule has 6 atom stereocenters. The van der Waals surface area contributed by atoms with Crippen LogP contribution < -0.4 is 21.3 Å². The van der Waals surface area contributed by atoms with Crippen molar-refractivity contribution in [3.63, 3.8) is 0 Å². The Morgan fingerprint density at radius 3 is 2.26 bits per heavy atom. The number of ketones is 1. The summed E-state index contributed by atoms with van der Waals surface area (Å²) in [5.41, 5.74) is -0.692. The van der Waals surface area contributed by atoms with Crippen LogP contribution in [0.4, 0.5) is 4.79 Å². The third kappa shape index (κ3) is 8.99. The average Bonchev–Trinajstić information content (AvgIpc) is 3.34. The number of nitrogens with one attached hydrogen (secondary N) is 4. The zero-order valence-corrected chi connectivity index (χ0v) is 31.5. The molecule has 13 nitrogen and oxygen atoms in total. The predicted octanol–water partition coefficient (Wildman–Crippen LogP) is 2.16. The molecule has 4 fully saturated rings. The Labute approximate surface area is 298 Å². The number of Topliss-reactive ketones (excluding diaryl/α,β-unsaturated/α-hetero) is 1. The highest BCUT2D eigenvalue weighted by Crippen LogP contribution is 2.65. The first-order chi connectivity index (χ1) is 23.4. The zero-order valence-electron chi connectivity index (χ0n) is 30.7.